The molecule has 0 aliphatic rings. The number of carbonyl (C=O) groups excluding carboxylic acids is 1. The van der Waals surface area contributed by atoms with Gasteiger partial charge in [-0.15, -0.1) is 0 Å². The maximum atomic E-state index is 15.0. The second-order valence-corrected chi connectivity index (χ2v) is 7.99. The van der Waals surface area contributed by atoms with Gasteiger partial charge in [-0.05, 0) is 39.8 Å². The molecule has 0 saturated heterocycles. The molecule has 0 fully saturated rings. The van der Waals surface area contributed by atoms with Crippen molar-refractivity contribution >= 4 is 35.0 Å². The number of hydrogen-bond acceptors (Lipinski definition) is 6. The normalized spacial score (nSPS) is 11.9. The van der Waals surface area contributed by atoms with E-state index in [4.69, 9.17) is 4.74 Å². The van der Waals surface area contributed by atoms with Crippen molar-refractivity contribution in [2.45, 2.75) is 33.3 Å². The van der Waals surface area contributed by atoms with Crippen LogP contribution >= 0.6 is 0 Å². The summed E-state index contributed by atoms with van der Waals surface area (Å²) in [6.07, 6.45) is 1.96. The molecular formula is C20H23F2N7O2. The van der Waals surface area contributed by atoms with Crippen molar-refractivity contribution in [2.75, 3.05) is 19.4 Å². The Morgan fingerprint density at radius 1 is 1.23 bits per heavy atom. The highest BCUT2D eigenvalue weighted by Gasteiger charge is 2.23. The zero-order chi connectivity index (χ0) is 22.9. The summed E-state index contributed by atoms with van der Waals surface area (Å²) in [6.45, 7) is 6.68. The minimum absolute atomic E-state index is 0.179. The van der Waals surface area contributed by atoms with Crippen molar-refractivity contribution in [1.82, 2.24) is 24.6 Å². The molecule has 164 valence electrons. The number of aryl methyl sites for hydroxylation is 1. The lowest BCUT2D eigenvalue weighted by atomic mass is 10.2. The third kappa shape index (κ3) is 4.76. The quantitative estimate of drug-likeness (QED) is 0.496. The summed E-state index contributed by atoms with van der Waals surface area (Å²) in [4.78, 5) is 26.2. The maximum Gasteiger partial charge on any atom is 0.412 e. The van der Waals surface area contributed by atoms with Gasteiger partial charge in [-0.3, -0.25) is 5.32 Å². The fourth-order valence-electron chi connectivity index (χ4n) is 2.73. The molecule has 3 rings (SSSR count). The summed E-state index contributed by atoms with van der Waals surface area (Å²) < 4.78 is 36.0. The fourth-order valence-corrected chi connectivity index (χ4v) is 2.73. The zero-order valence-corrected chi connectivity index (χ0v) is 18.1. The summed E-state index contributed by atoms with van der Waals surface area (Å²) in [5.41, 5.74) is -0.0452. The van der Waals surface area contributed by atoms with Crippen LogP contribution in [0.3, 0.4) is 0 Å². The highest BCUT2D eigenvalue weighted by molar-refractivity contribution is 5.89. The van der Waals surface area contributed by atoms with Crippen molar-refractivity contribution in [3.8, 4) is 5.69 Å². The van der Waals surface area contributed by atoms with Crippen molar-refractivity contribution in [2.24, 2.45) is 4.99 Å². The van der Waals surface area contributed by atoms with E-state index in [9.17, 15) is 9.18 Å². The number of nitrogens with zero attached hydrogens (tertiary/aromatic N) is 6. The van der Waals surface area contributed by atoms with Crippen molar-refractivity contribution in [3.05, 3.63) is 35.8 Å². The molecule has 0 atom stereocenters. The molecule has 0 saturated carbocycles. The van der Waals surface area contributed by atoms with Crippen LogP contribution in [0.2, 0.25) is 0 Å². The van der Waals surface area contributed by atoms with E-state index in [0.717, 1.165) is 0 Å². The molecule has 2 aromatic heterocycles. The minimum Gasteiger partial charge on any atom is -0.444 e. The van der Waals surface area contributed by atoms with Gasteiger partial charge in [-0.1, -0.05) is 0 Å². The maximum absolute atomic E-state index is 15.0. The predicted molar refractivity (Wildman–Crippen MR) is 113 cm³/mol. The first kappa shape index (κ1) is 22.1. The van der Waals surface area contributed by atoms with Crippen LogP contribution in [-0.2, 0) is 4.74 Å². The van der Waals surface area contributed by atoms with Crippen LogP contribution in [-0.4, -0.2) is 56.8 Å². The second-order valence-electron chi connectivity index (χ2n) is 7.99. The number of ether oxygens (including phenoxy) is 1. The van der Waals surface area contributed by atoms with Crippen LogP contribution in [0.25, 0.3) is 16.7 Å². The first-order valence-electron chi connectivity index (χ1n) is 9.37. The Balaban J connectivity index is 2.08. The smallest absolute Gasteiger partial charge is 0.412 e. The molecule has 0 aliphatic heterocycles. The summed E-state index contributed by atoms with van der Waals surface area (Å²) >= 11 is 0. The molecule has 9 nitrogen and oxygen atoms in total. The number of hydrogen-bond donors (Lipinski definition) is 1. The third-order valence-corrected chi connectivity index (χ3v) is 3.94. The monoisotopic (exact) mass is 431 g/mol. The van der Waals surface area contributed by atoms with Crippen LogP contribution in [0.1, 0.15) is 26.5 Å². The van der Waals surface area contributed by atoms with E-state index in [1.165, 1.54) is 29.5 Å². The highest BCUT2D eigenvalue weighted by Crippen LogP contribution is 2.30. The summed E-state index contributed by atoms with van der Waals surface area (Å²) in [5, 5.41) is 6.51. The van der Waals surface area contributed by atoms with Gasteiger partial charge in [0.15, 0.2) is 17.5 Å². The van der Waals surface area contributed by atoms with Crippen molar-refractivity contribution in [1.29, 1.82) is 0 Å². The molecular weight excluding hydrogens is 408 g/mol. The first-order valence-corrected chi connectivity index (χ1v) is 9.37. The SMILES string of the molecule is Cc1nn(-c2ccc(NC(=O)OC(C)(C)C)c(F)c2F)c2c(/N=C/N(C)C)ncnc12. The molecule has 0 radical (unpaired) electrons. The summed E-state index contributed by atoms with van der Waals surface area (Å²) in [6, 6.07) is 2.52. The van der Waals surface area contributed by atoms with Crippen LogP contribution in [0.5, 0.6) is 0 Å². The fraction of sp³-hybridized carbons (Fsp3) is 0.350. The lowest BCUT2D eigenvalue weighted by Gasteiger charge is -2.20. The van der Waals surface area contributed by atoms with Gasteiger partial charge in [-0.25, -0.2) is 33.2 Å². The van der Waals surface area contributed by atoms with Gasteiger partial charge in [0.25, 0.3) is 0 Å². The molecule has 11 heteroatoms. The van der Waals surface area contributed by atoms with Crippen molar-refractivity contribution in [3.63, 3.8) is 0 Å². The Morgan fingerprint density at radius 2 is 1.94 bits per heavy atom. The van der Waals surface area contributed by atoms with E-state index in [0.29, 0.717) is 16.7 Å². The van der Waals surface area contributed by atoms with E-state index in [-0.39, 0.29) is 17.2 Å². The molecule has 2 heterocycles. The number of halogens is 2. The predicted octanol–water partition coefficient (Wildman–Crippen LogP) is 3.97. The summed E-state index contributed by atoms with van der Waals surface area (Å²) in [5.74, 6) is -2.21. The van der Waals surface area contributed by atoms with Gasteiger partial charge in [0.2, 0.25) is 0 Å². The van der Waals surface area contributed by atoms with Crippen LogP contribution in [0, 0.1) is 18.6 Å². The van der Waals surface area contributed by atoms with E-state index in [1.54, 1.807) is 46.7 Å². The molecule has 3 aromatic rings. The molecule has 1 aromatic carbocycles. The van der Waals surface area contributed by atoms with Gasteiger partial charge in [0.05, 0.1) is 17.7 Å². The lowest BCUT2D eigenvalue weighted by Crippen LogP contribution is -2.27. The number of carbonyl (C=O) groups is 1. The van der Waals surface area contributed by atoms with Crippen molar-refractivity contribution < 1.29 is 18.3 Å². The number of benzene rings is 1. The van der Waals surface area contributed by atoms with Crippen LogP contribution in [0.15, 0.2) is 23.5 Å². The van der Waals surface area contributed by atoms with Gasteiger partial charge < -0.3 is 9.64 Å². The Morgan fingerprint density at radius 3 is 2.58 bits per heavy atom. The number of anilines is 1. The first-order chi connectivity index (χ1) is 14.5. The molecule has 1 N–H and O–H groups in total. The molecule has 0 unspecified atom stereocenters. The van der Waals surface area contributed by atoms with E-state index >= 15 is 4.39 Å². The summed E-state index contributed by atoms with van der Waals surface area (Å²) in [7, 11) is 3.58. The second kappa shape index (κ2) is 8.25. The van der Waals surface area contributed by atoms with E-state index in [2.05, 4.69) is 25.4 Å². The Hall–Kier alpha value is -3.63. The average Bonchev–Trinajstić information content (AvgIpc) is 3.00. The molecule has 0 aliphatic carbocycles. The standard InChI is InChI=1S/C20H23F2N7O2/c1-11-16-17(18(24-9-23-16)25-10-28(5)6)29(27-11)13-8-7-12(14(21)15(13)22)26-19(30)31-20(2,3)4/h7-10H,1-6H3,(H,26,30)/b25-10+. The van der Waals surface area contributed by atoms with Gasteiger partial charge in [0.1, 0.15) is 28.6 Å². The van der Waals surface area contributed by atoms with E-state index in [1.807, 2.05) is 0 Å². The Kier molecular flexibility index (Phi) is 5.87. The molecule has 0 bridgehead atoms. The van der Waals surface area contributed by atoms with E-state index < -0.39 is 23.3 Å². The number of aliphatic imine (C=N–C) groups is 1. The highest BCUT2D eigenvalue weighted by atomic mass is 19.2. The Bertz CT molecular complexity index is 1170. The van der Waals surface area contributed by atoms with Gasteiger partial charge in [-0.2, -0.15) is 5.10 Å². The molecule has 0 spiro atoms. The number of aromatic nitrogens is 4. The largest absolute Gasteiger partial charge is 0.444 e. The average molecular weight is 431 g/mol. The topological polar surface area (TPSA) is 97.5 Å². The van der Waals surface area contributed by atoms with Gasteiger partial charge in [0, 0.05) is 14.1 Å². The Labute approximate surface area is 177 Å². The minimum atomic E-state index is -1.25. The molecule has 1 amide bonds. The zero-order valence-electron chi connectivity index (χ0n) is 18.1. The third-order valence-electron chi connectivity index (χ3n) is 3.94. The lowest BCUT2D eigenvalue weighted by molar-refractivity contribution is 0.0635. The van der Waals surface area contributed by atoms with Crippen LogP contribution < -0.4 is 5.32 Å². The molecule has 31 heavy (non-hydrogen) atoms. The number of amides is 1. The van der Waals surface area contributed by atoms with Crippen LogP contribution in [0.4, 0.5) is 25.1 Å². The number of rotatable bonds is 4. The number of nitrogens with one attached hydrogen (secondary N) is 1. The number of fused-ring (bicyclic) bond motifs is 1. The van der Waals surface area contributed by atoms with Gasteiger partial charge >= 0.3 is 6.09 Å².